The number of aromatic nitrogens is 4. The summed E-state index contributed by atoms with van der Waals surface area (Å²) >= 11 is 1.60. The van der Waals surface area contributed by atoms with Crippen LogP contribution in [0.25, 0.3) is 27.5 Å². The van der Waals surface area contributed by atoms with Gasteiger partial charge in [-0.1, -0.05) is 18.2 Å². The second-order valence-electron chi connectivity index (χ2n) is 8.10. The minimum Gasteiger partial charge on any atom is -0.384 e. The number of benzene rings is 1. The molecule has 3 heterocycles. The van der Waals surface area contributed by atoms with Gasteiger partial charge in [-0.15, -0.1) is 11.3 Å². The highest BCUT2D eigenvalue weighted by Gasteiger charge is 2.28. The number of para-hydroxylation sites is 1. The number of nitrogen functional groups attached to an aromatic ring is 1. The van der Waals surface area contributed by atoms with Gasteiger partial charge in [0.25, 0.3) is 0 Å². The van der Waals surface area contributed by atoms with Crippen LogP contribution in [-0.2, 0) is 24.1 Å². The number of amides is 1. The number of carbonyl (C=O) groups excluding carboxylic acids is 1. The van der Waals surface area contributed by atoms with Gasteiger partial charge in [0.15, 0.2) is 0 Å². The molecule has 7 nitrogen and oxygen atoms in total. The lowest BCUT2D eigenvalue weighted by molar-refractivity contribution is -0.127. The van der Waals surface area contributed by atoms with E-state index in [4.69, 9.17) is 15.8 Å². The summed E-state index contributed by atoms with van der Waals surface area (Å²) in [6.45, 7) is 0. The third-order valence-electron chi connectivity index (χ3n) is 5.64. The van der Waals surface area contributed by atoms with Gasteiger partial charge >= 0.3 is 0 Å². The molecular weight excluding hydrogens is 420 g/mol. The van der Waals surface area contributed by atoms with Crippen molar-refractivity contribution in [1.29, 1.82) is 0 Å². The Kier molecular flexibility index (Phi) is 5.22. The highest BCUT2D eigenvalue weighted by molar-refractivity contribution is 7.15. The lowest BCUT2D eigenvalue weighted by Crippen LogP contribution is -2.23. The van der Waals surface area contributed by atoms with Crippen LogP contribution < -0.4 is 5.73 Å². The number of hydrogen-bond donors (Lipinski definition) is 1. The van der Waals surface area contributed by atoms with Crippen molar-refractivity contribution in [2.75, 3.05) is 19.8 Å². The summed E-state index contributed by atoms with van der Waals surface area (Å²) in [7, 11) is 3.55. The fourth-order valence-corrected chi connectivity index (χ4v) is 5.16. The zero-order valence-corrected chi connectivity index (χ0v) is 18.9. The van der Waals surface area contributed by atoms with Gasteiger partial charge in [0.1, 0.15) is 10.8 Å². The zero-order chi connectivity index (χ0) is 22.2. The molecule has 2 N–H and O–H groups in total. The predicted octanol–water partition coefficient (Wildman–Crippen LogP) is 3.76. The SMILES string of the molecule is CN(C)C(=O)Cc1nc2c(s1)-c1c(c(-c3ccc(N)nc3)nn1-c1ccccc1)CCC2. The molecule has 4 aromatic rings. The minimum absolute atomic E-state index is 0.0549. The van der Waals surface area contributed by atoms with E-state index in [1.165, 1.54) is 5.56 Å². The molecule has 3 aromatic heterocycles. The summed E-state index contributed by atoms with van der Waals surface area (Å²) < 4.78 is 2.01. The van der Waals surface area contributed by atoms with Crippen LogP contribution in [0.4, 0.5) is 5.82 Å². The lowest BCUT2D eigenvalue weighted by Gasteiger charge is -2.08. The van der Waals surface area contributed by atoms with E-state index < -0.39 is 0 Å². The third-order valence-corrected chi connectivity index (χ3v) is 6.75. The molecule has 0 saturated carbocycles. The Morgan fingerprint density at radius 3 is 2.69 bits per heavy atom. The first-order valence-corrected chi connectivity index (χ1v) is 11.4. The molecule has 1 aliphatic carbocycles. The van der Waals surface area contributed by atoms with Crippen LogP contribution in [-0.4, -0.2) is 44.7 Å². The van der Waals surface area contributed by atoms with Gasteiger partial charge in [0, 0.05) is 31.4 Å². The van der Waals surface area contributed by atoms with Gasteiger partial charge in [-0.25, -0.2) is 14.6 Å². The first-order chi connectivity index (χ1) is 15.5. The van der Waals surface area contributed by atoms with E-state index in [2.05, 4.69) is 17.1 Å². The quantitative estimate of drug-likeness (QED) is 0.518. The molecule has 0 aliphatic heterocycles. The summed E-state index contributed by atoms with van der Waals surface area (Å²) in [4.78, 5) is 24.2. The van der Waals surface area contributed by atoms with E-state index in [0.717, 1.165) is 57.5 Å². The van der Waals surface area contributed by atoms with E-state index in [1.807, 2.05) is 35.0 Å². The number of pyridine rings is 1. The number of hydrogen-bond acceptors (Lipinski definition) is 6. The fraction of sp³-hybridized carbons (Fsp3) is 0.250. The standard InChI is InChI=1S/C24H24N6OS/c1-29(2)21(31)13-20-27-18-10-6-9-17-22(15-11-12-19(25)26-14-15)28-30(23(17)24(18)32-20)16-7-4-3-5-8-16/h3-5,7-8,11-12,14H,6,9-10,13H2,1-2H3,(H2,25,26). The number of nitrogens with two attached hydrogens (primary N) is 1. The first-order valence-electron chi connectivity index (χ1n) is 10.6. The van der Waals surface area contributed by atoms with Gasteiger partial charge in [-0.3, -0.25) is 4.79 Å². The largest absolute Gasteiger partial charge is 0.384 e. The van der Waals surface area contributed by atoms with Crippen molar-refractivity contribution in [2.24, 2.45) is 0 Å². The van der Waals surface area contributed by atoms with Crippen LogP contribution in [0, 0.1) is 0 Å². The smallest absolute Gasteiger partial charge is 0.228 e. The number of thiazole rings is 1. The number of nitrogens with zero attached hydrogens (tertiary/aromatic N) is 5. The second kappa shape index (κ2) is 8.20. The second-order valence-corrected chi connectivity index (χ2v) is 9.18. The monoisotopic (exact) mass is 444 g/mol. The Morgan fingerprint density at radius 1 is 1.16 bits per heavy atom. The zero-order valence-electron chi connectivity index (χ0n) is 18.1. The van der Waals surface area contributed by atoms with Crippen LogP contribution in [0.5, 0.6) is 0 Å². The summed E-state index contributed by atoms with van der Waals surface area (Å²) in [5.41, 5.74) is 12.0. The van der Waals surface area contributed by atoms with E-state index in [9.17, 15) is 4.79 Å². The van der Waals surface area contributed by atoms with Crippen molar-refractivity contribution >= 4 is 23.1 Å². The summed E-state index contributed by atoms with van der Waals surface area (Å²) in [5.74, 6) is 0.543. The summed E-state index contributed by atoms with van der Waals surface area (Å²) in [6, 6.07) is 13.9. The maximum atomic E-state index is 12.3. The number of anilines is 1. The summed E-state index contributed by atoms with van der Waals surface area (Å²) in [5, 5.41) is 5.89. The molecule has 0 bridgehead atoms. The molecular formula is C24H24N6OS. The molecule has 1 amide bonds. The van der Waals surface area contributed by atoms with Crippen molar-refractivity contribution in [2.45, 2.75) is 25.7 Å². The number of carbonyl (C=O) groups is 1. The van der Waals surface area contributed by atoms with E-state index in [0.29, 0.717) is 12.2 Å². The molecule has 0 spiro atoms. The first kappa shape index (κ1) is 20.4. The molecule has 0 radical (unpaired) electrons. The Labute approximate surface area is 190 Å². The van der Waals surface area contributed by atoms with Crippen molar-refractivity contribution in [1.82, 2.24) is 24.6 Å². The number of fused-ring (bicyclic) bond motifs is 3. The van der Waals surface area contributed by atoms with Crippen molar-refractivity contribution in [3.8, 4) is 27.5 Å². The Morgan fingerprint density at radius 2 is 1.97 bits per heavy atom. The van der Waals surface area contributed by atoms with Gasteiger partial charge in [-0.05, 0) is 43.5 Å². The summed E-state index contributed by atoms with van der Waals surface area (Å²) in [6.07, 6.45) is 4.85. The average molecular weight is 445 g/mol. The van der Waals surface area contributed by atoms with Crippen LogP contribution in [0.15, 0.2) is 48.7 Å². The fourth-order valence-electron chi connectivity index (χ4n) is 4.00. The number of likely N-dealkylation sites (N-methyl/N-ethyl adjacent to an activating group) is 1. The Balaban J connectivity index is 1.70. The molecule has 0 saturated heterocycles. The normalized spacial score (nSPS) is 12.7. The Hall–Kier alpha value is -3.52. The van der Waals surface area contributed by atoms with Crippen LogP contribution in [0.3, 0.4) is 0 Å². The van der Waals surface area contributed by atoms with Crippen LogP contribution in [0.1, 0.15) is 22.7 Å². The van der Waals surface area contributed by atoms with Crippen molar-refractivity contribution < 1.29 is 4.79 Å². The van der Waals surface area contributed by atoms with E-state index >= 15 is 0 Å². The predicted molar refractivity (Wildman–Crippen MR) is 127 cm³/mol. The average Bonchev–Trinajstić information content (AvgIpc) is 3.31. The van der Waals surface area contributed by atoms with Crippen molar-refractivity contribution in [3.63, 3.8) is 0 Å². The van der Waals surface area contributed by atoms with Crippen LogP contribution in [0.2, 0.25) is 0 Å². The molecule has 0 atom stereocenters. The van der Waals surface area contributed by atoms with Crippen LogP contribution >= 0.6 is 11.3 Å². The van der Waals surface area contributed by atoms with E-state index in [1.54, 1.807) is 36.5 Å². The lowest BCUT2D eigenvalue weighted by atomic mass is 10.0. The molecule has 1 aromatic carbocycles. The van der Waals surface area contributed by atoms with Gasteiger partial charge in [-0.2, -0.15) is 5.10 Å². The van der Waals surface area contributed by atoms with Gasteiger partial charge < -0.3 is 10.6 Å². The van der Waals surface area contributed by atoms with Crippen molar-refractivity contribution in [3.05, 3.63) is 64.9 Å². The molecule has 0 fully saturated rings. The molecule has 0 unspecified atom stereocenters. The number of rotatable bonds is 4. The Bertz CT molecular complexity index is 1270. The topological polar surface area (TPSA) is 89.9 Å². The van der Waals surface area contributed by atoms with Gasteiger partial charge in [0.05, 0.1) is 34.1 Å². The number of aryl methyl sites for hydroxylation is 1. The molecule has 32 heavy (non-hydrogen) atoms. The molecule has 162 valence electrons. The maximum Gasteiger partial charge on any atom is 0.228 e. The molecule has 5 rings (SSSR count). The van der Waals surface area contributed by atoms with Gasteiger partial charge in [0.2, 0.25) is 5.91 Å². The highest BCUT2D eigenvalue weighted by Crippen LogP contribution is 2.42. The molecule has 1 aliphatic rings. The maximum absolute atomic E-state index is 12.3. The minimum atomic E-state index is 0.0549. The highest BCUT2D eigenvalue weighted by atomic mass is 32.1. The van der Waals surface area contributed by atoms with E-state index in [-0.39, 0.29) is 5.91 Å². The third kappa shape index (κ3) is 3.67. The molecule has 8 heteroatoms.